The van der Waals surface area contributed by atoms with Crippen LogP contribution in [0.2, 0.25) is 0 Å². The van der Waals surface area contributed by atoms with Gasteiger partial charge in [0.2, 0.25) is 11.1 Å². The van der Waals surface area contributed by atoms with Crippen molar-refractivity contribution >= 4 is 17.7 Å². The number of para-hydroxylation sites is 2. The molecule has 7 nitrogen and oxygen atoms in total. The number of methoxy groups -OCH3 is 1. The van der Waals surface area contributed by atoms with Crippen molar-refractivity contribution in [3.8, 4) is 11.4 Å². The molecule has 0 aliphatic rings. The number of halogens is 3. The normalized spacial score (nSPS) is 12.7. The second-order valence-electron chi connectivity index (χ2n) is 4.64. The Balaban J connectivity index is 2.12. The van der Waals surface area contributed by atoms with E-state index in [1.165, 1.54) is 18.7 Å². The topological polar surface area (TPSA) is 81.9 Å². The molecule has 130 valence electrons. The molecular weight excluding hydrogens is 347 g/mol. The van der Waals surface area contributed by atoms with Gasteiger partial charge in [0, 0.05) is 0 Å². The number of nitrogens with one attached hydrogen (secondary N) is 1. The zero-order valence-electron chi connectivity index (χ0n) is 12.7. The quantitative estimate of drug-likeness (QED) is 0.791. The second-order valence-corrected chi connectivity index (χ2v) is 5.95. The molecule has 1 N–H and O–H groups in total. The molecular formula is C13H14F3N5O2S. The van der Waals surface area contributed by atoms with Gasteiger partial charge in [-0.25, -0.2) is 0 Å². The molecule has 0 aliphatic carbocycles. The number of rotatable bonds is 6. The van der Waals surface area contributed by atoms with Crippen molar-refractivity contribution in [1.29, 1.82) is 0 Å². The van der Waals surface area contributed by atoms with E-state index in [0.717, 1.165) is 11.8 Å². The number of nitrogens with zero attached hydrogens (tertiary/aromatic N) is 4. The fraction of sp³-hybridized carbons (Fsp3) is 0.385. The lowest BCUT2D eigenvalue weighted by Gasteiger charge is -2.13. The Bertz CT molecular complexity index is 707. The average Bonchev–Trinajstić information content (AvgIpc) is 2.99. The van der Waals surface area contributed by atoms with Crippen LogP contribution >= 0.6 is 11.8 Å². The highest BCUT2D eigenvalue weighted by Gasteiger charge is 2.29. The summed E-state index contributed by atoms with van der Waals surface area (Å²) in [5.41, 5.74) is 0.551. The highest BCUT2D eigenvalue weighted by Crippen LogP contribution is 2.27. The van der Waals surface area contributed by atoms with Crippen LogP contribution in [0, 0.1) is 0 Å². The van der Waals surface area contributed by atoms with E-state index in [0.29, 0.717) is 11.4 Å². The Morgan fingerprint density at radius 1 is 1.42 bits per heavy atom. The van der Waals surface area contributed by atoms with Gasteiger partial charge < -0.3 is 10.1 Å². The van der Waals surface area contributed by atoms with Crippen molar-refractivity contribution in [2.24, 2.45) is 0 Å². The van der Waals surface area contributed by atoms with Crippen LogP contribution in [0.3, 0.4) is 0 Å². The fourth-order valence-electron chi connectivity index (χ4n) is 1.75. The molecule has 0 spiro atoms. The summed E-state index contributed by atoms with van der Waals surface area (Å²) in [5.74, 6) is -0.243. The molecule has 0 fully saturated rings. The molecule has 0 aliphatic heterocycles. The van der Waals surface area contributed by atoms with Crippen molar-refractivity contribution in [2.45, 2.75) is 23.5 Å². The molecule has 0 radical (unpaired) electrons. The van der Waals surface area contributed by atoms with Gasteiger partial charge in [-0.3, -0.25) is 4.79 Å². The lowest BCUT2D eigenvalue weighted by atomic mass is 10.3. The average molecular weight is 361 g/mol. The lowest BCUT2D eigenvalue weighted by Crippen LogP contribution is -2.38. The Kier molecular flexibility index (Phi) is 5.65. The molecule has 0 saturated carbocycles. The Morgan fingerprint density at radius 2 is 2.12 bits per heavy atom. The third kappa shape index (κ3) is 4.60. The number of hydrogen-bond donors (Lipinski definition) is 1. The summed E-state index contributed by atoms with van der Waals surface area (Å²) >= 11 is 0.941. The number of carbonyl (C=O) groups is 1. The number of tetrazole rings is 1. The molecule has 1 heterocycles. The number of thioether (sulfide) groups is 1. The van der Waals surface area contributed by atoms with Gasteiger partial charge >= 0.3 is 6.18 Å². The summed E-state index contributed by atoms with van der Waals surface area (Å²) in [6.45, 7) is 0.0891. The van der Waals surface area contributed by atoms with E-state index in [2.05, 4.69) is 15.5 Å². The highest BCUT2D eigenvalue weighted by atomic mass is 32.2. The van der Waals surface area contributed by atoms with Crippen LogP contribution in [0.5, 0.6) is 5.75 Å². The van der Waals surface area contributed by atoms with Gasteiger partial charge in [0.05, 0.1) is 12.4 Å². The second kappa shape index (κ2) is 7.51. The largest absolute Gasteiger partial charge is 0.494 e. The summed E-state index contributed by atoms with van der Waals surface area (Å²) in [5, 5.41) is 12.5. The van der Waals surface area contributed by atoms with Gasteiger partial charge in [0.25, 0.3) is 0 Å². The van der Waals surface area contributed by atoms with E-state index in [4.69, 9.17) is 4.74 Å². The van der Waals surface area contributed by atoms with Gasteiger partial charge in [-0.15, -0.1) is 5.10 Å². The molecule has 1 unspecified atom stereocenters. The van der Waals surface area contributed by atoms with E-state index in [-0.39, 0.29) is 5.16 Å². The van der Waals surface area contributed by atoms with Gasteiger partial charge in [0.1, 0.15) is 18.0 Å². The highest BCUT2D eigenvalue weighted by molar-refractivity contribution is 8.00. The molecule has 1 aromatic carbocycles. The van der Waals surface area contributed by atoms with Crippen LogP contribution in [-0.2, 0) is 4.79 Å². The predicted molar refractivity (Wildman–Crippen MR) is 80.1 cm³/mol. The van der Waals surface area contributed by atoms with E-state index in [1.54, 1.807) is 24.3 Å². The minimum absolute atomic E-state index is 0.258. The minimum Gasteiger partial charge on any atom is -0.494 e. The summed E-state index contributed by atoms with van der Waals surface area (Å²) < 4.78 is 43.0. The monoisotopic (exact) mass is 361 g/mol. The molecule has 24 heavy (non-hydrogen) atoms. The van der Waals surface area contributed by atoms with Gasteiger partial charge in [-0.05, 0) is 29.5 Å². The number of aromatic nitrogens is 4. The summed E-state index contributed by atoms with van der Waals surface area (Å²) in [7, 11) is 1.49. The van der Waals surface area contributed by atoms with Crippen molar-refractivity contribution in [2.75, 3.05) is 13.7 Å². The van der Waals surface area contributed by atoms with Crippen LogP contribution in [0.25, 0.3) is 5.69 Å². The molecule has 1 amide bonds. The molecule has 1 aromatic heterocycles. The number of ether oxygens (including phenoxy) is 1. The summed E-state index contributed by atoms with van der Waals surface area (Å²) in [6.07, 6.45) is -4.46. The third-order valence-electron chi connectivity index (χ3n) is 2.87. The number of amides is 1. The van der Waals surface area contributed by atoms with Crippen molar-refractivity contribution in [1.82, 2.24) is 25.5 Å². The van der Waals surface area contributed by atoms with Crippen LogP contribution in [-0.4, -0.2) is 51.2 Å². The lowest BCUT2D eigenvalue weighted by molar-refractivity contribution is -0.137. The fourth-order valence-corrected chi connectivity index (χ4v) is 2.58. The SMILES string of the molecule is COc1ccccc1-n1nnnc1SC(C)C(=O)NCC(F)(F)F. The Morgan fingerprint density at radius 3 is 2.79 bits per heavy atom. The standard InChI is InChI=1S/C13H14F3N5O2S/c1-8(11(22)17-7-13(14,15)16)24-12-18-19-20-21(12)9-5-3-4-6-10(9)23-2/h3-6,8H,7H2,1-2H3,(H,17,22). The summed E-state index contributed by atoms with van der Waals surface area (Å²) in [4.78, 5) is 11.8. The van der Waals surface area contributed by atoms with Crippen LogP contribution in [0.4, 0.5) is 13.2 Å². The zero-order chi connectivity index (χ0) is 17.7. The van der Waals surface area contributed by atoms with Crippen LogP contribution in [0.1, 0.15) is 6.92 Å². The molecule has 11 heteroatoms. The van der Waals surface area contributed by atoms with Gasteiger partial charge in [-0.1, -0.05) is 23.9 Å². The van der Waals surface area contributed by atoms with E-state index < -0.39 is 23.9 Å². The first-order valence-electron chi connectivity index (χ1n) is 6.74. The predicted octanol–water partition coefficient (Wildman–Crippen LogP) is 1.83. The molecule has 0 saturated heterocycles. The first-order valence-corrected chi connectivity index (χ1v) is 7.62. The molecule has 2 aromatic rings. The summed E-state index contributed by atoms with van der Waals surface area (Å²) in [6, 6.07) is 6.96. The van der Waals surface area contributed by atoms with Gasteiger partial charge in [-0.2, -0.15) is 17.9 Å². The molecule has 1 atom stereocenters. The molecule has 2 rings (SSSR count). The first-order chi connectivity index (χ1) is 11.3. The van der Waals surface area contributed by atoms with E-state index in [1.807, 2.05) is 5.32 Å². The first kappa shape index (κ1) is 18.0. The maximum atomic E-state index is 12.2. The smallest absolute Gasteiger partial charge is 0.405 e. The minimum atomic E-state index is -4.46. The van der Waals surface area contributed by atoms with Crippen LogP contribution < -0.4 is 10.1 Å². The molecule has 0 bridgehead atoms. The van der Waals surface area contributed by atoms with Crippen LogP contribution in [0.15, 0.2) is 29.4 Å². The number of carbonyl (C=O) groups excluding carboxylic acids is 1. The Hall–Kier alpha value is -2.30. The third-order valence-corrected chi connectivity index (χ3v) is 3.90. The van der Waals surface area contributed by atoms with Crippen molar-refractivity contribution < 1.29 is 22.7 Å². The Labute approximate surface area is 139 Å². The number of alkyl halides is 3. The van der Waals surface area contributed by atoms with Gasteiger partial charge in [0.15, 0.2) is 0 Å². The van der Waals surface area contributed by atoms with Crippen molar-refractivity contribution in [3.05, 3.63) is 24.3 Å². The number of hydrogen-bond acceptors (Lipinski definition) is 6. The zero-order valence-corrected chi connectivity index (χ0v) is 13.6. The van der Waals surface area contributed by atoms with E-state index in [9.17, 15) is 18.0 Å². The van der Waals surface area contributed by atoms with Crippen molar-refractivity contribution in [3.63, 3.8) is 0 Å². The number of benzene rings is 1. The maximum Gasteiger partial charge on any atom is 0.405 e. The van der Waals surface area contributed by atoms with E-state index >= 15 is 0 Å². The maximum absolute atomic E-state index is 12.2.